The number of hydrogen-bond acceptors (Lipinski definition) is 4. The van der Waals surface area contributed by atoms with Crippen molar-refractivity contribution >= 4 is 17.4 Å². The van der Waals surface area contributed by atoms with Crippen LogP contribution < -0.4 is 9.64 Å². The number of rotatable bonds is 7. The average Bonchev–Trinajstić information content (AvgIpc) is 3.03. The van der Waals surface area contributed by atoms with E-state index in [0.29, 0.717) is 18.2 Å². The zero-order valence-corrected chi connectivity index (χ0v) is 15.1. The molecule has 25 heavy (non-hydrogen) atoms. The molecule has 130 valence electrons. The van der Waals surface area contributed by atoms with E-state index in [9.17, 15) is 0 Å². The molecule has 0 spiro atoms. The lowest BCUT2D eigenvalue weighted by Crippen LogP contribution is -2.24. The van der Waals surface area contributed by atoms with E-state index in [4.69, 9.17) is 16.3 Å². The Morgan fingerprint density at radius 1 is 1.16 bits per heavy atom. The first-order valence-electron chi connectivity index (χ1n) is 8.14. The molecule has 0 fully saturated rings. The van der Waals surface area contributed by atoms with Gasteiger partial charge in [-0.25, -0.2) is 9.97 Å². The highest BCUT2D eigenvalue weighted by Crippen LogP contribution is 2.23. The summed E-state index contributed by atoms with van der Waals surface area (Å²) in [6.45, 7) is 3.98. The van der Waals surface area contributed by atoms with Gasteiger partial charge in [0, 0.05) is 30.7 Å². The van der Waals surface area contributed by atoms with Gasteiger partial charge in [0.05, 0.1) is 13.1 Å². The molecule has 0 aliphatic rings. The van der Waals surface area contributed by atoms with Crippen LogP contribution in [0.25, 0.3) is 0 Å². The minimum atomic E-state index is 0.559. The van der Waals surface area contributed by atoms with Gasteiger partial charge >= 0.3 is 0 Å². The molecule has 0 radical (unpaired) electrons. The van der Waals surface area contributed by atoms with Gasteiger partial charge in [0.2, 0.25) is 0 Å². The topological polar surface area (TPSA) is 43.2 Å². The first-order chi connectivity index (χ1) is 12.1. The molecule has 0 unspecified atom stereocenters. The lowest BCUT2D eigenvalue weighted by Gasteiger charge is -2.18. The highest BCUT2D eigenvalue weighted by atomic mass is 35.5. The summed E-state index contributed by atoms with van der Waals surface area (Å²) in [6.07, 6.45) is 5.52. The van der Waals surface area contributed by atoms with E-state index >= 15 is 0 Å². The average molecular weight is 357 g/mol. The van der Waals surface area contributed by atoms with Gasteiger partial charge in [-0.05, 0) is 36.8 Å². The van der Waals surface area contributed by atoms with Crippen molar-refractivity contribution < 1.29 is 4.74 Å². The molecule has 2 aromatic heterocycles. The monoisotopic (exact) mass is 356 g/mol. The third-order valence-electron chi connectivity index (χ3n) is 4.02. The zero-order chi connectivity index (χ0) is 17.6. The number of aryl methyl sites for hydroxylation is 1. The van der Waals surface area contributed by atoms with E-state index in [1.54, 1.807) is 12.4 Å². The number of benzene rings is 1. The van der Waals surface area contributed by atoms with Crippen LogP contribution in [0, 0.1) is 6.92 Å². The predicted molar refractivity (Wildman–Crippen MR) is 101 cm³/mol. The van der Waals surface area contributed by atoms with Crippen LogP contribution in [-0.2, 0) is 6.54 Å². The quantitative estimate of drug-likeness (QED) is 0.645. The Morgan fingerprint density at radius 2 is 2.04 bits per heavy atom. The van der Waals surface area contributed by atoms with E-state index < -0.39 is 0 Å². The number of ether oxygens (including phenoxy) is 1. The second-order valence-electron chi connectivity index (χ2n) is 5.81. The molecule has 1 aromatic carbocycles. The molecule has 0 N–H and O–H groups in total. The second kappa shape index (κ2) is 8.03. The Hall–Kier alpha value is -2.53. The Balaban J connectivity index is 1.55. The van der Waals surface area contributed by atoms with E-state index in [1.165, 1.54) is 0 Å². The lowest BCUT2D eigenvalue weighted by molar-refractivity contribution is 0.325. The van der Waals surface area contributed by atoms with E-state index in [2.05, 4.69) is 19.4 Å². The van der Waals surface area contributed by atoms with E-state index in [0.717, 1.165) is 29.5 Å². The Kier molecular flexibility index (Phi) is 5.56. The van der Waals surface area contributed by atoms with Gasteiger partial charge in [0.1, 0.15) is 24.0 Å². The molecular formula is C19H21ClN4O. The predicted octanol–water partition coefficient (Wildman–Crippen LogP) is 3.80. The number of pyridine rings is 1. The summed E-state index contributed by atoms with van der Waals surface area (Å²) in [4.78, 5) is 10.6. The maximum atomic E-state index is 6.40. The molecule has 0 saturated carbocycles. The van der Waals surface area contributed by atoms with E-state index in [-0.39, 0.29) is 0 Å². The van der Waals surface area contributed by atoms with Crippen molar-refractivity contribution in [3.8, 4) is 5.75 Å². The smallest absolute Gasteiger partial charge is 0.128 e. The minimum Gasteiger partial charge on any atom is -0.492 e. The van der Waals surface area contributed by atoms with Gasteiger partial charge in [-0.3, -0.25) is 0 Å². The molecule has 0 aliphatic heterocycles. The molecule has 0 amide bonds. The normalized spacial score (nSPS) is 10.7. The fourth-order valence-electron chi connectivity index (χ4n) is 2.49. The minimum absolute atomic E-state index is 0.559. The molecule has 2 heterocycles. The van der Waals surface area contributed by atoms with Crippen LogP contribution >= 0.6 is 11.6 Å². The number of nitrogens with zero attached hydrogens (tertiary/aromatic N) is 4. The number of likely N-dealkylation sites (N-methyl/N-ethyl adjacent to an activating group) is 1. The highest BCUT2D eigenvalue weighted by molar-refractivity contribution is 6.31. The number of anilines is 1. The summed E-state index contributed by atoms with van der Waals surface area (Å²) < 4.78 is 7.88. The summed E-state index contributed by atoms with van der Waals surface area (Å²) in [5.41, 5.74) is 1.04. The first-order valence-corrected chi connectivity index (χ1v) is 8.52. The molecule has 3 aromatic rings. The number of imidazole rings is 1. The molecular weight excluding hydrogens is 336 g/mol. The van der Waals surface area contributed by atoms with Crippen LogP contribution in [0.2, 0.25) is 5.02 Å². The Morgan fingerprint density at radius 3 is 2.72 bits per heavy atom. The van der Waals surface area contributed by atoms with Gasteiger partial charge in [-0.2, -0.15) is 0 Å². The van der Waals surface area contributed by atoms with Gasteiger partial charge in [-0.15, -0.1) is 0 Å². The van der Waals surface area contributed by atoms with Crippen molar-refractivity contribution in [2.24, 2.45) is 0 Å². The van der Waals surface area contributed by atoms with Crippen molar-refractivity contribution in [1.29, 1.82) is 0 Å². The maximum absolute atomic E-state index is 6.40. The molecule has 3 rings (SSSR count). The molecule has 0 atom stereocenters. The second-order valence-corrected chi connectivity index (χ2v) is 6.22. The van der Waals surface area contributed by atoms with Crippen LogP contribution in [-0.4, -0.2) is 34.7 Å². The molecule has 0 aliphatic carbocycles. The van der Waals surface area contributed by atoms with Crippen molar-refractivity contribution in [3.63, 3.8) is 0 Å². The fourth-order valence-corrected chi connectivity index (χ4v) is 2.73. The molecule has 6 heteroatoms. The number of aromatic nitrogens is 3. The summed E-state index contributed by atoms with van der Waals surface area (Å²) in [7, 11) is 2.00. The molecule has 0 saturated heterocycles. The van der Waals surface area contributed by atoms with Gasteiger partial charge in [0.25, 0.3) is 0 Å². The van der Waals surface area contributed by atoms with Crippen LogP contribution in [0.15, 0.2) is 55.0 Å². The summed E-state index contributed by atoms with van der Waals surface area (Å²) in [5.74, 6) is 2.66. The van der Waals surface area contributed by atoms with Crippen LogP contribution in [0.5, 0.6) is 5.75 Å². The number of halogens is 1. The Bertz CT molecular complexity index is 819. The van der Waals surface area contributed by atoms with Gasteiger partial charge in [-0.1, -0.05) is 23.7 Å². The summed E-state index contributed by atoms with van der Waals surface area (Å²) >= 11 is 6.40. The highest BCUT2D eigenvalue weighted by Gasteiger charge is 2.06. The van der Waals surface area contributed by atoms with Crippen LogP contribution in [0.3, 0.4) is 0 Å². The van der Waals surface area contributed by atoms with Gasteiger partial charge < -0.3 is 14.2 Å². The van der Waals surface area contributed by atoms with Crippen molar-refractivity contribution in [3.05, 3.63) is 71.4 Å². The third kappa shape index (κ3) is 4.51. The SMILES string of the molecule is Cc1nccn1Cc1ccc(OCCN(C)c2ccccn2)cc1Cl. The van der Waals surface area contributed by atoms with Crippen molar-refractivity contribution in [1.82, 2.24) is 14.5 Å². The standard InChI is InChI=1S/C19H21ClN4O/c1-15-21-9-10-24(15)14-16-6-7-17(13-18(16)20)25-12-11-23(2)19-5-3-4-8-22-19/h3-10,13H,11-12,14H2,1-2H3. The Labute approximate surface area is 152 Å². The summed E-state index contributed by atoms with van der Waals surface area (Å²) in [6, 6.07) is 11.7. The van der Waals surface area contributed by atoms with Crippen LogP contribution in [0.1, 0.15) is 11.4 Å². The van der Waals surface area contributed by atoms with E-state index in [1.807, 2.05) is 56.6 Å². The number of hydrogen-bond donors (Lipinski definition) is 0. The zero-order valence-electron chi connectivity index (χ0n) is 14.4. The third-order valence-corrected chi connectivity index (χ3v) is 4.38. The fraction of sp³-hybridized carbons (Fsp3) is 0.263. The molecule has 0 bridgehead atoms. The largest absolute Gasteiger partial charge is 0.492 e. The summed E-state index contributed by atoms with van der Waals surface area (Å²) in [5, 5.41) is 0.698. The van der Waals surface area contributed by atoms with Crippen LogP contribution in [0.4, 0.5) is 5.82 Å². The molecule has 5 nitrogen and oxygen atoms in total. The van der Waals surface area contributed by atoms with Crippen molar-refractivity contribution in [2.45, 2.75) is 13.5 Å². The van der Waals surface area contributed by atoms with Gasteiger partial charge in [0.15, 0.2) is 0 Å². The first kappa shape index (κ1) is 17.3. The van der Waals surface area contributed by atoms with Crippen molar-refractivity contribution in [2.75, 3.05) is 25.1 Å². The maximum Gasteiger partial charge on any atom is 0.128 e. The lowest BCUT2D eigenvalue weighted by atomic mass is 10.2.